The van der Waals surface area contributed by atoms with Gasteiger partial charge in [0.1, 0.15) is 5.82 Å². The van der Waals surface area contributed by atoms with Crippen LogP contribution < -0.4 is 16.2 Å². The van der Waals surface area contributed by atoms with E-state index in [1.165, 1.54) is 10.9 Å². The number of amides is 1. The van der Waals surface area contributed by atoms with Gasteiger partial charge in [-0.2, -0.15) is 10.2 Å². The summed E-state index contributed by atoms with van der Waals surface area (Å²) in [4.78, 5) is 38.0. The first-order valence-electron chi connectivity index (χ1n) is 13.6. The van der Waals surface area contributed by atoms with Gasteiger partial charge in [0.25, 0.3) is 5.56 Å². The van der Waals surface area contributed by atoms with E-state index in [4.69, 9.17) is 4.98 Å². The highest BCUT2D eigenvalue weighted by molar-refractivity contribution is 5.87. The van der Waals surface area contributed by atoms with Gasteiger partial charge < -0.3 is 15.6 Å². The van der Waals surface area contributed by atoms with Gasteiger partial charge in [0.2, 0.25) is 5.91 Å². The molecule has 1 saturated carbocycles. The van der Waals surface area contributed by atoms with E-state index in [2.05, 4.69) is 35.9 Å². The van der Waals surface area contributed by atoms with Crippen molar-refractivity contribution in [3.63, 3.8) is 0 Å². The third kappa shape index (κ3) is 5.58. The number of fused-ring (bicyclic) bond motifs is 1. The third-order valence-corrected chi connectivity index (χ3v) is 7.64. The average molecular weight is 556 g/mol. The van der Waals surface area contributed by atoms with Gasteiger partial charge in [-0.25, -0.2) is 19.0 Å². The summed E-state index contributed by atoms with van der Waals surface area (Å²) in [5.74, 6) is 1.24. The molecule has 6 rings (SSSR count). The Hall–Kier alpha value is -4.87. The fourth-order valence-corrected chi connectivity index (χ4v) is 5.48. The van der Waals surface area contributed by atoms with Crippen LogP contribution in [0, 0.1) is 18.7 Å². The normalized spacial score (nSPS) is 17.8. The highest BCUT2D eigenvalue weighted by atomic mass is 19.1. The molecule has 12 heteroatoms. The number of aromatic amines is 2. The summed E-state index contributed by atoms with van der Waals surface area (Å²) in [6.45, 7) is 3.83. The monoisotopic (exact) mass is 555 g/mol. The largest absolute Gasteiger partial charge is 0.349 e. The molecule has 1 atom stereocenters. The summed E-state index contributed by atoms with van der Waals surface area (Å²) < 4.78 is 14.6. The van der Waals surface area contributed by atoms with E-state index in [-0.39, 0.29) is 29.3 Å². The molecule has 41 heavy (non-hydrogen) atoms. The van der Waals surface area contributed by atoms with Crippen LogP contribution in [-0.4, -0.2) is 40.8 Å². The number of hydrogen-bond donors (Lipinski definition) is 4. The number of rotatable bonds is 7. The Morgan fingerprint density at radius 3 is 2.63 bits per heavy atom. The van der Waals surface area contributed by atoms with Crippen molar-refractivity contribution in [2.24, 2.45) is 5.92 Å². The molecule has 210 valence electrons. The number of anilines is 2. The smallest absolute Gasteiger partial charge is 0.257 e. The summed E-state index contributed by atoms with van der Waals surface area (Å²) in [5, 5.41) is 18.8. The van der Waals surface area contributed by atoms with E-state index >= 15 is 0 Å². The predicted molar refractivity (Wildman–Crippen MR) is 152 cm³/mol. The van der Waals surface area contributed by atoms with Gasteiger partial charge in [-0.15, -0.1) is 0 Å². The second-order valence-electron chi connectivity index (χ2n) is 10.6. The quantitative estimate of drug-likeness (QED) is 0.230. The topological polar surface area (TPSA) is 146 Å². The zero-order valence-corrected chi connectivity index (χ0v) is 22.7. The van der Waals surface area contributed by atoms with Crippen molar-refractivity contribution in [3.05, 3.63) is 88.2 Å². The minimum absolute atomic E-state index is 0.00541. The Morgan fingerprint density at radius 1 is 1.12 bits per heavy atom. The Kier molecular flexibility index (Phi) is 7.04. The lowest BCUT2D eigenvalue weighted by Crippen LogP contribution is -2.34. The van der Waals surface area contributed by atoms with Gasteiger partial charge in [0, 0.05) is 36.0 Å². The van der Waals surface area contributed by atoms with Gasteiger partial charge in [-0.1, -0.05) is 6.07 Å². The zero-order valence-electron chi connectivity index (χ0n) is 22.7. The Labute approximate surface area is 234 Å². The Balaban J connectivity index is 1.13. The molecule has 1 aliphatic rings. The minimum Gasteiger partial charge on any atom is -0.349 e. The minimum atomic E-state index is -0.435. The first-order valence-corrected chi connectivity index (χ1v) is 13.6. The molecule has 0 unspecified atom stereocenters. The molecular formula is C29H30FN9O2. The first-order chi connectivity index (χ1) is 19.8. The second-order valence-corrected chi connectivity index (χ2v) is 10.6. The van der Waals surface area contributed by atoms with Crippen LogP contribution in [0.1, 0.15) is 61.5 Å². The average Bonchev–Trinajstić information content (AvgIpc) is 3.60. The van der Waals surface area contributed by atoms with Crippen LogP contribution in [0.3, 0.4) is 0 Å². The number of aryl methyl sites for hydroxylation is 1. The van der Waals surface area contributed by atoms with E-state index in [1.807, 2.05) is 38.1 Å². The van der Waals surface area contributed by atoms with Gasteiger partial charge in [0.05, 0.1) is 29.5 Å². The van der Waals surface area contributed by atoms with Gasteiger partial charge in [-0.3, -0.25) is 14.7 Å². The Morgan fingerprint density at radius 2 is 1.95 bits per heavy atom. The zero-order chi connectivity index (χ0) is 28.5. The maximum Gasteiger partial charge on any atom is 0.257 e. The molecule has 5 aromatic heterocycles. The van der Waals surface area contributed by atoms with Crippen molar-refractivity contribution in [3.8, 4) is 5.82 Å². The summed E-state index contributed by atoms with van der Waals surface area (Å²) >= 11 is 0. The molecular weight excluding hydrogens is 525 g/mol. The third-order valence-electron chi connectivity index (χ3n) is 7.64. The summed E-state index contributed by atoms with van der Waals surface area (Å²) in [5.41, 5.74) is 2.34. The van der Waals surface area contributed by atoms with Crippen LogP contribution in [0.4, 0.5) is 16.0 Å². The second kappa shape index (κ2) is 11.0. The van der Waals surface area contributed by atoms with Gasteiger partial charge in [-0.05, 0) is 68.7 Å². The lowest BCUT2D eigenvalue weighted by atomic mass is 9.79. The maximum atomic E-state index is 13.3. The maximum absolute atomic E-state index is 13.3. The highest BCUT2D eigenvalue weighted by Crippen LogP contribution is 2.38. The van der Waals surface area contributed by atoms with Gasteiger partial charge >= 0.3 is 0 Å². The molecule has 1 amide bonds. The molecule has 5 heterocycles. The summed E-state index contributed by atoms with van der Waals surface area (Å²) in [6.07, 6.45) is 8.54. The van der Waals surface area contributed by atoms with Crippen LogP contribution in [-0.2, 0) is 4.79 Å². The molecule has 5 aromatic rings. The van der Waals surface area contributed by atoms with Crippen LogP contribution >= 0.6 is 0 Å². The number of halogens is 1. The molecule has 0 aliphatic heterocycles. The van der Waals surface area contributed by atoms with Crippen LogP contribution in [0.5, 0.6) is 0 Å². The van der Waals surface area contributed by atoms with Crippen LogP contribution in [0.25, 0.3) is 16.6 Å². The molecule has 0 bridgehead atoms. The van der Waals surface area contributed by atoms with Crippen molar-refractivity contribution < 1.29 is 9.18 Å². The molecule has 0 saturated heterocycles. The van der Waals surface area contributed by atoms with E-state index in [0.717, 1.165) is 41.4 Å². The summed E-state index contributed by atoms with van der Waals surface area (Å²) in [7, 11) is 0. The van der Waals surface area contributed by atoms with Crippen LogP contribution in [0.15, 0.2) is 59.9 Å². The van der Waals surface area contributed by atoms with E-state index < -0.39 is 5.82 Å². The molecule has 0 radical (unpaired) electrons. The number of nitrogens with one attached hydrogen (secondary N) is 4. The van der Waals surface area contributed by atoms with E-state index in [0.29, 0.717) is 35.7 Å². The number of hydrogen-bond acceptors (Lipinski definition) is 7. The van der Waals surface area contributed by atoms with Crippen LogP contribution in [0.2, 0.25) is 0 Å². The number of nitrogens with zero attached hydrogens (tertiary/aromatic N) is 5. The van der Waals surface area contributed by atoms with Crippen molar-refractivity contribution in [2.45, 2.75) is 51.5 Å². The number of carbonyl (C=O) groups is 1. The highest BCUT2D eigenvalue weighted by Gasteiger charge is 2.30. The SMILES string of the molecule is Cc1cc(Nc2cc3cc[nH]c(=O)c3c(C3CCC(C(=O)N[C@@H](C)c4ccc(-n5cc(F)cn5)nc4)CC3)n2)n[nH]1. The standard InChI is InChI=1S/C29H30FN9O2/c1-16-11-24(38-37-16)35-23-12-20-9-10-31-29(41)26(20)27(36-23)18-3-5-19(6-4-18)28(40)34-17(2)21-7-8-25(32-13-21)39-15-22(30)14-33-39/h7-15,17-19H,3-6H2,1-2H3,(H,31,41)(H,34,40)(H2,35,36,37,38)/t17-,18?,19?/m0/s1. The predicted octanol–water partition coefficient (Wildman–Crippen LogP) is 4.57. The number of H-pyrrole nitrogens is 2. The number of aromatic nitrogens is 7. The fourth-order valence-electron chi connectivity index (χ4n) is 5.48. The fraction of sp³-hybridized carbons (Fsp3) is 0.310. The molecule has 1 fully saturated rings. The molecule has 0 aromatic carbocycles. The lowest BCUT2D eigenvalue weighted by molar-refractivity contribution is -0.126. The molecule has 1 aliphatic carbocycles. The lowest BCUT2D eigenvalue weighted by Gasteiger charge is -2.29. The van der Waals surface area contributed by atoms with Crippen molar-refractivity contribution in [2.75, 3.05) is 5.32 Å². The number of pyridine rings is 3. The Bertz CT molecular complexity index is 1750. The molecule has 4 N–H and O–H groups in total. The summed E-state index contributed by atoms with van der Waals surface area (Å²) in [6, 6.07) is 8.97. The first kappa shape index (κ1) is 26.4. The molecule has 0 spiro atoms. The van der Waals surface area contributed by atoms with Crippen molar-refractivity contribution >= 4 is 28.3 Å². The van der Waals surface area contributed by atoms with E-state index in [9.17, 15) is 14.0 Å². The van der Waals surface area contributed by atoms with Gasteiger partial charge in [0.15, 0.2) is 17.5 Å². The van der Waals surface area contributed by atoms with Crippen molar-refractivity contribution in [1.29, 1.82) is 0 Å². The van der Waals surface area contributed by atoms with Crippen molar-refractivity contribution in [1.82, 2.24) is 40.2 Å². The molecule has 11 nitrogen and oxygen atoms in total. The van der Waals surface area contributed by atoms with E-state index in [1.54, 1.807) is 18.5 Å². The number of carbonyl (C=O) groups excluding carboxylic acids is 1.